The lowest BCUT2D eigenvalue weighted by Crippen LogP contribution is -2.28. The summed E-state index contributed by atoms with van der Waals surface area (Å²) in [5, 5.41) is 3.03. The van der Waals surface area contributed by atoms with Crippen LogP contribution in [0, 0.1) is 0 Å². The molecule has 25 heavy (non-hydrogen) atoms. The molecule has 1 atom stereocenters. The number of rotatable bonds is 2. The van der Waals surface area contributed by atoms with E-state index in [0.717, 1.165) is 32.6 Å². The fourth-order valence-electron chi connectivity index (χ4n) is 3.57. The first kappa shape index (κ1) is 14.4. The summed E-state index contributed by atoms with van der Waals surface area (Å²) in [7, 11) is 0. The molecule has 0 saturated heterocycles. The lowest BCUT2D eigenvalue weighted by atomic mass is 10.0. The van der Waals surface area contributed by atoms with E-state index in [1.165, 1.54) is 11.3 Å². The standard InChI is InChI=1S/C21H14N2OS/c24-21-20-16(11-13-25-20)19(15-6-2-1-3-7-15)23(21)17-10-4-8-14-9-5-12-22-18(14)17/h1-13,19H/t19-/m0/s1. The van der Waals surface area contributed by atoms with Crippen molar-refractivity contribution in [2.75, 3.05) is 4.90 Å². The van der Waals surface area contributed by atoms with E-state index in [1.54, 1.807) is 6.20 Å². The van der Waals surface area contributed by atoms with Crippen LogP contribution in [-0.2, 0) is 0 Å². The van der Waals surface area contributed by atoms with E-state index in [9.17, 15) is 4.79 Å². The molecule has 0 fully saturated rings. The maximum absolute atomic E-state index is 13.2. The second-order valence-electron chi connectivity index (χ2n) is 6.05. The molecule has 0 N–H and O–H groups in total. The van der Waals surface area contributed by atoms with E-state index in [1.807, 2.05) is 58.8 Å². The number of benzene rings is 2. The van der Waals surface area contributed by atoms with E-state index in [-0.39, 0.29) is 11.9 Å². The van der Waals surface area contributed by atoms with Crippen LogP contribution in [0.5, 0.6) is 0 Å². The van der Waals surface area contributed by atoms with Crippen molar-refractivity contribution in [3.8, 4) is 0 Å². The largest absolute Gasteiger partial charge is 0.294 e. The lowest BCUT2D eigenvalue weighted by Gasteiger charge is -2.26. The number of hydrogen-bond acceptors (Lipinski definition) is 3. The molecule has 0 aliphatic carbocycles. The third-order valence-corrected chi connectivity index (χ3v) is 5.57. The van der Waals surface area contributed by atoms with Crippen LogP contribution in [0.4, 0.5) is 5.69 Å². The average Bonchev–Trinajstić information content (AvgIpc) is 3.24. The molecule has 0 unspecified atom stereocenters. The fraction of sp³-hybridized carbons (Fsp3) is 0.0476. The van der Waals surface area contributed by atoms with Crippen LogP contribution in [0.2, 0.25) is 0 Å². The summed E-state index contributed by atoms with van der Waals surface area (Å²) in [6.45, 7) is 0. The van der Waals surface area contributed by atoms with Crippen LogP contribution in [0.25, 0.3) is 10.9 Å². The maximum Gasteiger partial charge on any atom is 0.269 e. The zero-order chi connectivity index (χ0) is 16.8. The van der Waals surface area contributed by atoms with Gasteiger partial charge in [-0.1, -0.05) is 48.5 Å². The summed E-state index contributed by atoms with van der Waals surface area (Å²) in [6, 6.07) is 22.1. The Hall–Kier alpha value is -2.98. The summed E-state index contributed by atoms with van der Waals surface area (Å²) < 4.78 is 0. The van der Waals surface area contributed by atoms with Crippen molar-refractivity contribution in [2.24, 2.45) is 0 Å². The monoisotopic (exact) mass is 342 g/mol. The minimum Gasteiger partial charge on any atom is -0.294 e. The molecule has 4 heteroatoms. The summed E-state index contributed by atoms with van der Waals surface area (Å²) >= 11 is 1.51. The van der Waals surface area contributed by atoms with E-state index in [4.69, 9.17) is 0 Å². The van der Waals surface area contributed by atoms with Crippen molar-refractivity contribution >= 4 is 33.8 Å². The van der Waals surface area contributed by atoms with Gasteiger partial charge in [-0.25, -0.2) is 0 Å². The Morgan fingerprint density at radius 2 is 1.76 bits per heavy atom. The number of amides is 1. The highest BCUT2D eigenvalue weighted by Gasteiger charge is 2.40. The third kappa shape index (κ3) is 2.11. The Balaban J connectivity index is 1.76. The number of pyridine rings is 1. The predicted molar refractivity (Wildman–Crippen MR) is 101 cm³/mol. The molecule has 0 spiro atoms. The molecule has 4 aromatic rings. The first-order valence-corrected chi connectivity index (χ1v) is 9.02. The minimum atomic E-state index is -0.109. The molecule has 3 heterocycles. The number of anilines is 1. The normalized spacial score (nSPS) is 16.4. The molecule has 3 nitrogen and oxygen atoms in total. The number of carbonyl (C=O) groups excluding carboxylic acids is 1. The first-order valence-electron chi connectivity index (χ1n) is 8.14. The van der Waals surface area contributed by atoms with Gasteiger partial charge in [0.2, 0.25) is 0 Å². The van der Waals surface area contributed by atoms with Crippen LogP contribution in [0.15, 0.2) is 78.3 Å². The van der Waals surface area contributed by atoms with Gasteiger partial charge in [-0.2, -0.15) is 0 Å². The summed E-state index contributed by atoms with van der Waals surface area (Å²) in [5.74, 6) is 0.0528. The number of nitrogens with zero attached hydrogens (tertiary/aromatic N) is 2. The van der Waals surface area contributed by atoms with Crippen molar-refractivity contribution in [3.63, 3.8) is 0 Å². The van der Waals surface area contributed by atoms with Gasteiger partial charge in [-0.3, -0.25) is 14.7 Å². The van der Waals surface area contributed by atoms with Crippen molar-refractivity contribution in [3.05, 3.63) is 94.3 Å². The van der Waals surface area contributed by atoms with Crippen LogP contribution < -0.4 is 4.90 Å². The number of para-hydroxylation sites is 1. The zero-order valence-corrected chi connectivity index (χ0v) is 14.1. The molecule has 0 bridgehead atoms. The van der Waals surface area contributed by atoms with Crippen LogP contribution in [0.1, 0.15) is 26.8 Å². The van der Waals surface area contributed by atoms with Gasteiger partial charge in [-0.05, 0) is 29.1 Å². The molecule has 2 aromatic carbocycles. The summed E-state index contributed by atoms with van der Waals surface area (Å²) in [6.07, 6.45) is 1.78. The van der Waals surface area contributed by atoms with Gasteiger partial charge in [0.15, 0.2) is 0 Å². The Morgan fingerprint density at radius 1 is 0.920 bits per heavy atom. The van der Waals surface area contributed by atoms with Gasteiger partial charge in [0.05, 0.1) is 22.1 Å². The van der Waals surface area contributed by atoms with Crippen LogP contribution in [0.3, 0.4) is 0 Å². The van der Waals surface area contributed by atoms with E-state index in [2.05, 4.69) is 23.2 Å². The summed E-state index contributed by atoms with van der Waals surface area (Å²) in [5.41, 5.74) is 3.91. The molecule has 0 radical (unpaired) electrons. The molecule has 1 aliphatic heterocycles. The number of aromatic nitrogens is 1. The van der Waals surface area contributed by atoms with Gasteiger partial charge in [0.25, 0.3) is 5.91 Å². The second-order valence-corrected chi connectivity index (χ2v) is 6.96. The molecule has 1 aliphatic rings. The van der Waals surface area contributed by atoms with Gasteiger partial charge < -0.3 is 0 Å². The van der Waals surface area contributed by atoms with Crippen molar-refractivity contribution < 1.29 is 4.79 Å². The van der Waals surface area contributed by atoms with Crippen LogP contribution >= 0.6 is 11.3 Å². The SMILES string of the molecule is O=C1c2sccc2[C@H](c2ccccc2)N1c1cccc2cccnc12. The van der Waals surface area contributed by atoms with Crippen molar-refractivity contribution in [2.45, 2.75) is 6.04 Å². The molecule has 0 saturated carbocycles. The highest BCUT2D eigenvalue weighted by molar-refractivity contribution is 7.12. The Labute approximate surface area is 149 Å². The molecular weight excluding hydrogens is 328 g/mol. The number of hydrogen-bond donors (Lipinski definition) is 0. The third-order valence-electron chi connectivity index (χ3n) is 4.65. The molecule has 1 amide bonds. The molecule has 120 valence electrons. The number of fused-ring (bicyclic) bond motifs is 2. The number of carbonyl (C=O) groups is 1. The minimum absolute atomic E-state index is 0.0528. The van der Waals surface area contributed by atoms with Crippen molar-refractivity contribution in [1.29, 1.82) is 0 Å². The predicted octanol–water partition coefficient (Wildman–Crippen LogP) is 5.05. The lowest BCUT2D eigenvalue weighted by molar-refractivity contribution is 0.0997. The van der Waals surface area contributed by atoms with Crippen molar-refractivity contribution in [1.82, 2.24) is 4.98 Å². The molecular formula is C21H14N2OS. The average molecular weight is 342 g/mol. The zero-order valence-electron chi connectivity index (χ0n) is 13.3. The quantitative estimate of drug-likeness (QED) is 0.511. The molecule has 5 rings (SSSR count). The van der Waals surface area contributed by atoms with Gasteiger partial charge in [0.1, 0.15) is 0 Å². The topological polar surface area (TPSA) is 33.2 Å². The second kappa shape index (κ2) is 5.53. The Morgan fingerprint density at radius 3 is 2.64 bits per heavy atom. The number of thiophene rings is 1. The van der Waals surface area contributed by atoms with Crippen LogP contribution in [-0.4, -0.2) is 10.9 Å². The Bertz CT molecular complexity index is 1080. The fourth-order valence-corrected chi connectivity index (χ4v) is 4.43. The maximum atomic E-state index is 13.2. The van der Waals surface area contributed by atoms with E-state index in [0.29, 0.717) is 0 Å². The smallest absolute Gasteiger partial charge is 0.269 e. The van der Waals surface area contributed by atoms with E-state index >= 15 is 0 Å². The Kier molecular flexibility index (Phi) is 3.18. The van der Waals surface area contributed by atoms with Gasteiger partial charge in [-0.15, -0.1) is 11.3 Å². The highest BCUT2D eigenvalue weighted by atomic mass is 32.1. The summed E-state index contributed by atoms with van der Waals surface area (Å²) in [4.78, 5) is 20.5. The first-order chi connectivity index (χ1) is 12.3. The van der Waals surface area contributed by atoms with Gasteiger partial charge >= 0.3 is 0 Å². The molecule has 2 aromatic heterocycles. The van der Waals surface area contributed by atoms with Gasteiger partial charge in [0, 0.05) is 17.1 Å². The highest BCUT2D eigenvalue weighted by Crippen LogP contribution is 2.45. The van der Waals surface area contributed by atoms with E-state index < -0.39 is 0 Å².